The van der Waals surface area contributed by atoms with Gasteiger partial charge in [0.1, 0.15) is 17.5 Å². The Morgan fingerprint density at radius 3 is 2.44 bits per heavy atom. The number of ketones is 1. The van der Waals surface area contributed by atoms with Crippen LogP contribution >= 0.6 is 0 Å². The summed E-state index contributed by atoms with van der Waals surface area (Å²) < 4.78 is 5.48. The average molecular weight is 250 g/mol. The van der Waals surface area contributed by atoms with E-state index in [1.807, 2.05) is 30.3 Å². The molecule has 0 aromatic heterocycles. The van der Waals surface area contributed by atoms with Gasteiger partial charge in [0.25, 0.3) is 0 Å². The van der Waals surface area contributed by atoms with Gasteiger partial charge in [0.15, 0.2) is 0 Å². The number of carboxylic acids is 1. The molecule has 98 valence electrons. The van der Waals surface area contributed by atoms with Gasteiger partial charge in [-0.05, 0) is 38.3 Å². The lowest BCUT2D eigenvalue weighted by Crippen LogP contribution is -2.21. The maximum absolute atomic E-state index is 11.1. The molecule has 0 heterocycles. The second-order valence-electron chi connectivity index (χ2n) is 4.16. The first kappa shape index (κ1) is 14.2. The molecule has 1 aromatic rings. The van der Waals surface area contributed by atoms with E-state index in [9.17, 15) is 9.59 Å². The van der Waals surface area contributed by atoms with E-state index in [-0.39, 0.29) is 5.78 Å². The van der Waals surface area contributed by atoms with Crippen LogP contribution in [0.5, 0.6) is 5.75 Å². The minimum absolute atomic E-state index is 0.286. The van der Waals surface area contributed by atoms with Crippen LogP contribution < -0.4 is 4.74 Å². The number of benzene rings is 1. The Morgan fingerprint density at radius 2 is 1.89 bits per heavy atom. The summed E-state index contributed by atoms with van der Waals surface area (Å²) in [5.74, 6) is -1.39. The van der Waals surface area contributed by atoms with Crippen LogP contribution in [0.3, 0.4) is 0 Å². The molecule has 4 nitrogen and oxygen atoms in total. The van der Waals surface area contributed by atoms with Crippen molar-refractivity contribution >= 4 is 11.8 Å². The van der Waals surface area contributed by atoms with Crippen molar-refractivity contribution in [2.75, 3.05) is 6.61 Å². The van der Waals surface area contributed by atoms with Crippen molar-refractivity contribution in [3.05, 3.63) is 30.3 Å². The number of aliphatic carboxylic acids is 1. The first-order chi connectivity index (χ1) is 8.61. The number of hydrogen-bond donors (Lipinski definition) is 1. The molecule has 0 bridgehead atoms. The van der Waals surface area contributed by atoms with Gasteiger partial charge in [-0.25, -0.2) is 0 Å². The lowest BCUT2D eigenvalue weighted by atomic mass is 9.98. The molecule has 0 saturated heterocycles. The number of carboxylic acid groups (broad SMARTS) is 1. The summed E-state index contributed by atoms with van der Waals surface area (Å²) in [7, 11) is 0. The van der Waals surface area contributed by atoms with Crippen LogP contribution in [0.1, 0.15) is 26.2 Å². The fourth-order valence-electron chi connectivity index (χ4n) is 1.66. The van der Waals surface area contributed by atoms with Crippen LogP contribution in [0, 0.1) is 5.92 Å². The van der Waals surface area contributed by atoms with Crippen molar-refractivity contribution in [1.82, 2.24) is 0 Å². The fraction of sp³-hybridized carbons (Fsp3) is 0.429. The van der Waals surface area contributed by atoms with Gasteiger partial charge < -0.3 is 9.84 Å². The van der Waals surface area contributed by atoms with E-state index in [0.29, 0.717) is 19.4 Å². The maximum atomic E-state index is 11.1. The zero-order chi connectivity index (χ0) is 13.4. The molecule has 0 aliphatic rings. The fourth-order valence-corrected chi connectivity index (χ4v) is 1.66. The second kappa shape index (κ2) is 7.48. The molecular weight excluding hydrogens is 232 g/mol. The molecule has 0 spiro atoms. The van der Waals surface area contributed by atoms with Crippen molar-refractivity contribution in [3.63, 3.8) is 0 Å². The summed E-state index contributed by atoms with van der Waals surface area (Å²) in [5.41, 5.74) is 0. The Hall–Kier alpha value is -1.84. The van der Waals surface area contributed by atoms with Gasteiger partial charge in [0.05, 0.1) is 6.61 Å². The highest BCUT2D eigenvalue weighted by Gasteiger charge is 2.21. The Balaban J connectivity index is 2.19. The van der Waals surface area contributed by atoms with E-state index in [4.69, 9.17) is 9.84 Å². The normalized spacial score (nSPS) is 11.8. The zero-order valence-electron chi connectivity index (χ0n) is 10.5. The standard InChI is InChI=1S/C14H18O4/c1-11(15)13(14(16)17)9-5-6-10-18-12-7-3-2-4-8-12/h2-4,7-8,13H,5-6,9-10H2,1H3,(H,16,17). The third-order valence-electron chi connectivity index (χ3n) is 2.69. The molecule has 0 fully saturated rings. The van der Waals surface area contributed by atoms with E-state index >= 15 is 0 Å². The van der Waals surface area contributed by atoms with Gasteiger partial charge in [-0.2, -0.15) is 0 Å². The van der Waals surface area contributed by atoms with Crippen LogP contribution in [0.25, 0.3) is 0 Å². The smallest absolute Gasteiger partial charge is 0.314 e. The second-order valence-corrected chi connectivity index (χ2v) is 4.16. The predicted octanol–water partition coefficient (Wildman–Crippen LogP) is 2.53. The molecule has 18 heavy (non-hydrogen) atoms. The quantitative estimate of drug-likeness (QED) is 0.569. The minimum atomic E-state index is -1.04. The average Bonchev–Trinajstić information content (AvgIpc) is 2.34. The van der Waals surface area contributed by atoms with E-state index in [0.717, 1.165) is 12.2 Å². The number of carbonyl (C=O) groups excluding carboxylic acids is 1. The molecule has 1 rings (SSSR count). The van der Waals surface area contributed by atoms with Gasteiger partial charge in [0.2, 0.25) is 0 Å². The van der Waals surface area contributed by atoms with Gasteiger partial charge in [-0.15, -0.1) is 0 Å². The first-order valence-electron chi connectivity index (χ1n) is 6.02. The summed E-state index contributed by atoms with van der Waals surface area (Å²) >= 11 is 0. The molecular formula is C14H18O4. The highest BCUT2D eigenvalue weighted by atomic mass is 16.5. The third kappa shape index (κ3) is 4.99. The molecule has 1 atom stereocenters. The summed E-state index contributed by atoms with van der Waals surface area (Å²) in [6, 6.07) is 9.44. The summed E-state index contributed by atoms with van der Waals surface area (Å²) in [5, 5.41) is 8.83. The number of para-hydroxylation sites is 1. The highest BCUT2D eigenvalue weighted by molar-refractivity contribution is 5.96. The molecule has 1 N–H and O–H groups in total. The molecule has 0 saturated carbocycles. The Bertz CT molecular complexity index is 372. The third-order valence-corrected chi connectivity index (χ3v) is 2.69. The van der Waals surface area contributed by atoms with Crippen molar-refractivity contribution in [2.24, 2.45) is 5.92 Å². The van der Waals surface area contributed by atoms with Crippen LogP contribution in [-0.4, -0.2) is 23.5 Å². The molecule has 4 heteroatoms. The van der Waals surface area contributed by atoms with Crippen LogP contribution in [0.15, 0.2) is 30.3 Å². The van der Waals surface area contributed by atoms with Crippen molar-refractivity contribution in [1.29, 1.82) is 0 Å². The summed E-state index contributed by atoms with van der Waals surface area (Å²) in [4.78, 5) is 21.8. The highest BCUT2D eigenvalue weighted by Crippen LogP contribution is 2.12. The van der Waals surface area contributed by atoms with Crippen molar-refractivity contribution in [3.8, 4) is 5.75 Å². The maximum Gasteiger partial charge on any atom is 0.314 e. The number of rotatable bonds is 8. The number of carbonyl (C=O) groups is 2. The zero-order valence-corrected chi connectivity index (χ0v) is 10.5. The largest absolute Gasteiger partial charge is 0.494 e. The van der Waals surface area contributed by atoms with E-state index in [1.165, 1.54) is 6.92 Å². The first-order valence-corrected chi connectivity index (χ1v) is 6.02. The molecule has 1 unspecified atom stereocenters. The molecule has 0 amide bonds. The van der Waals surface area contributed by atoms with Gasteiger partial charge >= 0.3 is 5.97 Å². The van der Waals surface area contributed by atoms with E-state index in [2.05, 4.69) is 0 Å². The number of unbranched alkanes of at least 4 members (excludes halogenated alkanes) is 1. The number of ether oxygens (including phenoxy) is 1. The molecule has 0 aliphatic carbocycles. The summed E-state index contributed by atoms with van der Waals surface area (Å²) in [6.07, 6.45) is 1.79. The van der Waals surface area contributed by atoms with E-state index in [1.54, 1.807) is 0 Å². The molecule has 0 aliphatic heterocycles. The van der Waals surface area contributed by atoms with Crippen molar-refractivity contribution < 1.29 is 19.4 Å². The lowest BCUT2D eigenvalue weighted by Gasteiger charge is -2.09. The van der Waals surface area contributed by atoms with E-state index < -0.39 is 11.9 Å². The summed E-state index contributed by atoms with van der Waals surface area (Å²) in [6.45, 7) is 1.85. The predicted molar refractivity (Wildman–Crippen MR) is 67.6 cm³/mol. The topological polar surface area (TPSA) is 63.6 Å². The molecule has 0 radical (unpaired) electrons. The number of hydrogen-bond acceptors (Lipinski definition) is 3. The monoisotopic (exact) mass is 250 g/mol. The minimum Gasteiger partial charge on any atom is -0.494 e. The van der Waals surface area contributed by atoms with Gasteiger partial charge in [-0.3, -0.25) is 9.59 Å². The number of Topliss-reactive ketones (excluding diaryl/α,β-unsaturated/α-hetero) is 1. The SMILES string of the molecule is CC(=O)C(CCCCOc1ccccc1)C(=O)O. The Labute approximate surface area is 107 Å². The van der Waals surface area contributed by atoms with Crippen LogP contribution in [-0.2, 0) is 9.59 Å². The van der Waals surface area contributed by atoms with Gasteiger partial charge in [0, 0.05) is 0 Å². The van der Waals surface area contributed by atoms with Crippen molar-refractivity contribution in [2.45, 2.75) is 26.2 Å². The van der Waals surface area contributed by atoms with Gasteiger partial charge in [-0.1, -0.05) is 18.2 Å². The Kier molecular flexibility index (Phi) is 5.91. The lowest BCUT2D eigenvalue weighted by molar-refractivity contribution is -0.146. The van der Waals surface area contributed by atoms with Crippen LogP contribution in [0.2, 0.25) is 0 Å². The van der Waals surface area contributed by atoms with Crippen LogP contribution in [0.4, 0.5) is 0 Å². The Morgan fingerprint density at radius 1 is 1.22 bits per heavy atom. The molecule has 1 aromatic carbocycles.